The predicted octanol–water partition coefficient (Wildman–Crippen LogP) is 3.89. The minimum Gasteiger partial charge on any atom is -0.269 e. The maximum absolute atomic E-state index is 12.3. The van der Waals surface area contributed by atoms with Gasteiger partial charge < -0.3 is 0 Å². The summed E-state index contributed by atoms with van der Waals surface area (Å²) in [5.41, 5.74) is 0.684. The maximum atomic E-state index is 12.3. The van der Waals surface area contributed by atoms with Crippen LogP contribution < -0.4 is 0 Å². The van der Waals surface area contributed by atoms with Crippen LogP contribution in [0.4, 0.5) is 0 Å². The van der Waals surface area contributed by atoms with Crippen molar-refractivity contribution in [2.45, 2.75) is 53.0 Å². The van der Waals surface area contributed by atoms with E-state index in [9.17, 15) is 9.59 Å². The van der Waals surface area contributed by atoms with Crippen LogP contribution in [0.3, 0.4) is 0 Å². The molecule has 19 heavy (non-hydrogen) atoms. The highest BCUT2D eigenvalue weighted by Gasteiger charge is 2.44. The largest absolute Gasteiger partial charge is 0.269 e. The Morgan fingerprint density at radius 3 is 1.63 bits per heavy atom. The number of hydrogen-bond acceptors (Lipinski definition) is 2. The molecule has 0 N–H and O–H groups in total. The molecule has 1 aliphatic rings. The lowest BCUT2D eigenvalue weighted by Gasteiger charge is -2.35. The number of carbonyl (C=O) groups is 2. The predicted molar refractivity (Wildman–Crippen MR) is 77.3 cm³/mol. The van der Waals surface area contributed by atoms with Gasteiger partial charge in [0.2, 0.25) is 0 Å². The van der Waals surface area contributed by atoms with E-state index in [2.05, 4.69) is 0 Å². The zero-order chi connectivity index (χ0) is 14.6. The number of benzene rings is 1. The number of nitrogens with zero attached hydrogens (tertiary/aromatic N) is 1. The third kappa shape index (κ3) is 2.42. The van der Waals surface area contributed by atoms with Gasteiger partial charge in [-0.25, -0.2) is 0 Å². The molecule has 0 spiro atoms. The van der Waals surface area contributed by atoms with Crippen LogP contribution in [0.5, 0.6) is 0 Å². The number of rotatable bonds is 3. The molecule has 0 fully saturated rings. The summed E-state index contributed by atoms with van der Waals surface area (Å²) in [5.74, 6) is -0.311. The van der Waals surface area contributed by atoms with Crippen molar-refractivity contribution in [2.75, 3.05) is 0 Å². The molecule has 104 valence electrons. The molecule has 2 rings (SSSR count). The molecular formula is C16H23NO2. The SMILES string of the molecule is CC.CCC(C)(CC)N1C(=O)c2ccccc2C1=O. The van der Waals surface area contributed by atoms with E-state index >= 15 is 0 Å². The molecule has 1 heterocycles. The maximum Gasteiger partial charge on any atom is 0.262 e. The Kier molecular flexibility index (Phi) is 4.87. The van der Waals surface area contributed by atoms with Crippen molar-refractivity contribution in [3.63, 3.8) is 0 Å². The molecule has 0 radical (unpaired) electrons. The Labute approximate surface area is 115 Å². The van der Waals surface area contributed by atoms with Crippen molar-refractivity contribution >= 4 is 11.8 Å². The smallest absolute Gasteiger partial charge is 0.262 e. The molecule has 1 aromatic rings. The van der Waals surface area contributed by atoms with Gasteiger partial charge in [0.15, 0.2) is 0 Å². The van der Waals surface area contributed by atoms with Crippen LogP contribution in [0.1, 0.15) is 68.2 Å². The topological polar surface area (TPSA) is 37.4 Å². The molecule has 3 nitrogen and oxygen atoms in total. The summed E-state index contributed by atoms with van der Waals surface area (Å²) in [4.78, 5) is 26.0. The van der Waals surface area contributed by atoms with Gasteiger partial charge in [-0.05, 0) is 31.9 Å². The van der Waals surface area contributed by atoms with E-state index in [1.165, 1.54) is 4.90 Å². The zero-order valence-corrected chi connectivity index (χ0v) is 12.5. The second-order valence-electron chi connectivity index (χ2n) is 4.70. The number of carbonyl (C=O) groups excluding carboxylic acids is 2. The van der Waals surface area contributed by atoms with Crippen molar-refractivity contribution in [3.05, 3.63) is 35.4 Å². The van der Waals surface area contributed by atoms with E-state index in [0.29, 0.717) is 11.1 Å². The number of amides is 2. The fraction of sp³-hybridized carbons (Fsp3) is 0.500. The average Bonchev–Trinajstić information content (AvgIpc) is 2.73. The van der Waals surface area contributed by atoms with Crippen molar-refractivity contribution in [1.29, 1.82) is 0 Å². The molecule has 2 amide bonds. The zero-order valence-electron chi connectivity index (χ0n) is 12.5. The normalized spacial score (nSPS) is 14.1. The van der Waals surface area contributed by atoms with Gasteiger partial charge in [-0.2, -0.15) is 0 Å². The molecule has 3 heteroatoms. The van der Waals surface area contributed by atoms with Gasteiger partial charge in [0, 0.05) is 5.54 Å². The first-order valence-electron chi connectivity index (χ1n) is 7.03. The first-order valence-corrected chi connectivity index (χ1v) is 7.03. The highest BCUT2D eigenvalue weighted by Crippen LogP contribution is 2.32. The summed E-state index contributed by atoms with van der Waals surface area (Å²) in [6.45, 7) is 9.98. The van der Waals surface area contributed by atoms with Gasteiger partial charge in [-0.3, -0.25) is 14.5 Å². The Bertz CT molecular complexity index is 440. The molecule has 0 atom stereocenters. The molecule has 0 aromatic heterocycles. The molecule has 0 unspecified atom stereocenters. The van der Waals surface area contributed by atoms with Gasteiger partial charge in [0.25, 0.3) is 11.8 Å². The average molecular weight is 261 g/mol. The van der Waals surface area contributed by atoms with E-state index in [-0.39, 0.29) is 17.4 Å². The first-order chi connectivity index (χ1) is 9.05. The minimum atomic E-state index is -0.382. The van der Waals surface area contributed by atoms with Crippen LogP contribution in [0.25, 0.3) is 0 Å². The van der Waals surface area contributed by atoms with Crippen molar-refractivity contribution in [2.24, 2.45) is 0 Å². The van der Waals surface area contributed by atoms with Crippen molar-refractivity contribution in [1.82, 2.24) is 4.90 Å². The summed E-state index contributed by atoms with van der Waals surface area (Å²) in [7, 11) is 0. The second-order valence-corrected chi connectivity index (χ2v) is 4.70. The van der Waals surface area contributed by atoms with E-state index in [0.717, 1.165) is 12.8 Å². The lowest BCUT2D eigenvalue weighted by Crippen LogP contribution is -2.48. The standard InChI is InChI=1S/C14H17NO2.C2H6/c1-4-14(3,5-2)15-12(16)10-8-6-7-9-11(10)13(15)17;1-2/h6-9H,4-5H2,1-3H3;1-2H3. The lowest BCUT2D eigenvalue weighted by atomic mass is 9.93. The van der Waals surface area contributed by atoms with E-state index < -0.39 is 0 Å². The summed E-state index contributed by atoms with van der Waals surface area (Å²) in [6.07, 6.45) is 1.55. The highest BCUT2D eigenvalue weighted by molar-refractivity contribution is 6.21. The Hall–Kier alpha value is -1.64. The van der Waals surface area contributed by atoms with Gasteiger partial charge in [-0.15, -0.1) is 0 Å². The number of hydrogen-bond donors (Lipinski definition) is 0. The van der Waals surface area contributed by atoms with Crippen LogP contribution >= 0.6 is 0 Å². The first kappa shape index (κ1) is 15.4. The lowest BCUT2D eigenvalue weighted by molar-refractivity contribution is 0.0435. The monoisotopic (exact) mass is 261 g/mol. The van der Waals surface area contributed by atoms with E-state index in [1.807, 2.05) is 34.6 Å². The molecular weight excluding hydrogens is 238 g/mol. The summed E-state index contributed by atoms with van der Waals surface area (Å²) >= 11 is 0. The second kappa shape index (κ2) is 6.00. The van der Waals surface area contributed by atoms with Crippen LogP contribution in [0, 0.1) is 0 Å². The van der Waals surface area contributed by atoms with Gasteiger partial charge in [-0.1, -0.05) is 39.8 Å². The molecule has 0 saturated carbocycles. The molecule has 0 saturated heterocycles. The molecule has 0 aliphatic carbocycles. The van der Waals surface area contributed by atoms with Gasteiger partial charge >= 0.3 is 0 Å². The Morgan fingerprint density at radius 1 is 0.947 bits per heavy atom. The van der Waals surface area contributed by atoms with Crippen molar-refractivity contribution < 1.29 is 9.59 Å². The summed E-state index contributed by atoms with van der Waals surface area (Å²) in [5, 5.41) is 0. The fourth-order valence-electron chi connectivity index (χ4n) is 2.25. The highest BCUT2D eigenvalue weighted by atomic mass is 16.2. The van der Waals surface area contributed by atoms with E-state index in [1.54, 1.807) is 24.3 Å². The quantitative estimate of drug-likeness (QED) is 0.774. The van der Waals surface area contributed by atoms with Crippen molar-refractivity contribution in [3.8, 4) is 0 Å². The fourth-order valence-corrected chi connectivity index (χ4v) is 2.25. The number of imide groups is 1. The summed E-state index contributed by atoms with van der Waals surface area (Å²) < 4.78 is 0. The van der Waals surface area contributed by atoms with Crippen LogP contribution in [0.2, 0.25) is 0 Å². The van der Waals surface area contributed by atoms with Crippen LogP contribution in [0.15, 0.2) is 24.3 Å². The minimum absolute atomic E-state index is 0.156. The molecule has 1 aliphatic heterocycles. The molecule has 1 aromatic carbocycles. The third-order valence-corrected chi connectivity index (χ3v) is 3.86. The summed E-state index contributed by atoms with van der Waals surface area (Å²) in [6, 6.07) is 7.04. The number of fused-ring (bicyclic) bond motifs is 1. The van der Waals surface area contributed by atoms with Gasteiger partial charge in [0.1, 0.15) is 0 Å². The van der Waals surface area contributed by atoms with Crippen LogP contribution in [-0.4, -0.2) is 22.3 Å². The third-order valence-electron chi connectivity index (χ3n) is 3.86. The molecule has 0 bridgehead atoms. The van der Waals surface area contributed by atoms with Crippen LogP contribution in [-0.2, 0) is 0 Å². The van der Waals surface area contributed by atoms with Gasteiger partial charge in [0.05, 0.1) is 11.1 Å². The Morgan fingerprint density at radius 2 is 1.32 bits per heavy atom. The Balaban J connectivity index is 0.000000861. The van der Waals surface area contributed by atoms with E-state index in [4.69, 9.17) is 0 Å².